The molecule has 1 aromatic carbocycles. The number of fused-ring (bicyclic) bond motifs is 1. The van der Waals surface area contributed by atoms with Gasteiger partial charge in [0.1, 0.15) is 5.82 Å². The van der Waals surface area contributed by atoms with Gasteiger partial charge in [0.15, 0.2) is 0 Å². The molecule has 0 unspecified atom stereocenters. The van der Waals surface area contributed by atoms with Crippen molar-refractivity contribution in [3.05, 3.63) is 52.4 Å². The number of pyridine rings is 1. The van der Waals surface area contributed by atoms with E-state index in [0.29, 0.717) is 0 Å². The summed E-state index contributed by atoms with van der Waals surface area (Å²) in [7, 11) is 1.73. The summed E-state index contributed by atoms with van der Waals surface area (Å²) in [4.78, 5) is 19.4. The lowest BCUT2D eigenvalue weighted by Crippen LogP contribution is -2.14. The monoisotopic (exact) mass is 253 g/mol. The van der Waals surface area contributed by atoms with Gasteiger partial charge in [0.05, 0.1) is 11.0 Å². The van der Waals surface area contributed by atoms with Gasteiger partial charge < -0.3 is 9.55 Å². The van der Waals surface area contributed by atoms with E-state index in [-0.39, 0.29) is 5.56 Å². The van der Waals surface area contributed by atoms with E-state index in [1.165, 1.54) is 5.56 Å². The van der Waals surface area contributed by atoms with E-state index in [9.17, 15) is 4.79 Å². The molecule has 3 rings (SSSR count). The van der Waals surface area contributed by atoms with Gasteiger partial charge in [-0.15, -0.1) is 0 Å². The largest absolute Gasteiger partial charge is 0.338 e. The highest BCUT2D eigenvalue weighted by Gasteiger charge is 2.06. The van der Waals surface area contributed by atoms with Gasteiger partial charge in [-0.05, 0) is 30.2 Å². The molecule has 0 amide bonds. The average Bonchev–Trinajstić information content (AvgIpc) is 2.84. The Hall–Kier alpha value is -2.36. The molecule has 3 aromatic rings. The van der Waals surface area contributed by atoms with Crippen molar-refractivity contribution in [2.24, 2.45) is 7.05 Å². The van der Waals surface area contributed by atoms with E-state index in [4.69, 9.17) is 0 Å². The number of benzene rings is 1. The van der Waals surface area contributed by atoms with Gasteiger partial charge in [0.2, 0.25) is 0 Å². The van der Waals surface area contributed by atoms with Gasteiger partial charge in [0, 0.05) is 24.9 Å². The highest BCUT2D eigenvalue weighted by Crippen LogP contribution is 2.20. The fraction of sp³-hybridized carbons (Fsp3) is 0.200. The van der Waals surface area contributed by atoms with E-state index >= 15 is 0 Å². The van der Waals surface area contributed by atoms with Crippen molar-refractivity contribution in [2.45, 2.75) is 13.3 Å². The predicted molar refractivity (Wildman–Crippen MR) is 76.1 cm³/mol. The van der Waals surface area contributed by atoms with E-state index < -0.39 is 0 Å². The van der Waals surface area contributed by atoms with Crippen molar-refractivity contribution < 1.29 is 0 Å². The summed E-state index contributed by atoms with van der Waals surface area (Å²) >= 11 is 0. The summed E-state index contributed by atoms with van der Waals surface area (Å²) in [5.41, 5.74) is 3.99. The number of hydrogen-bond donors (Lipinski definition) is 1. The number of imidazole rings is 1. The first-order chi connectivity index (χ1) is 9.17. The van der Waals surface area contributed by atoms with E-state index in [1.807, 2.05) is 12.1 Å². The van der Waals surface area contributed by atoms with Crippen LogP contribution in [0.5, 0.6) is 0 Å². The van der Waals surface area contributed by atoms with Crippen molar-refractivity contribution in [1.82, 2.24) is 14.5 Å². The Kier molecular flexibility index (Phi) is 2.71. The molecule has 0 bridgehead atoms. The Morgan fingerprint density at radius 3 is 2.84 bits per heavy atom. The van der Waals surface area contributed by atoms with Gasteiger partial charge in [0.25, 0.3) is 5.56 Å². The molecule has 0 aliphatic carbocycles. The highest BCUT2D eigenvalue weighted by atomic mass is 16.1. The van der Waals surface area contributed by atoms with Crippen molar-refractivity contribution >= 4 is 11.0 Å². The topological polar surface area (TPSA) is 50.7 Å². The Balaban J connectivity index is 2.14. The third-order valence-electron chi connectivity index (χ3n) is 3.33. The second-order valence-corrected chi connectivity index (χ2v) is 4.66. The minimum atomic E-state index is -0.0350. The van der Waals surface area contributed by atoms with Crippen LogP contribution in [0.1, 0.15) is 12.5 Å². The molecule has 96 valence electrons. The average molecular weight is 253 g/mol. The Labute approximate surface area is 110 Å². The number of aromatic nitrogens is 3. The van der Waals surface area contributed by atoms with Crippen LogP contribution in [-0.4, -0.2) is 14.5 Å². The fourth-order valence-corrected chi connectivity index (χ4v) is 2.11. The number of aromatic amines is 1. The first-order valence-electron chi connectivity index (χ1n) is 6.33. The molecule has 0 atom stereocenters. The molecule has 0 radical (unpaired) electrons. The number of aryl methyl sites for hydroxylation is 2. The maximum Gasteiger partial charge on any atom is 0.250 e. The zero-order valence-electron chi connectivity index (χ0n) is 11.0. The summed E-state index contributed by atoms with van der Waals surface area (Å²) in [5.74, 6) is 0.737. The Morgan fingerprint density at radius 2 is 2.11 bits per heavy atom. The van der Waals surface area contributed by atoms with Crippen molar-refractivity contribution in [3.8, 4) is 11.4 Å². The highest BCUT2D eigenvalue weighted by molar-refractivity contribution is 5.79. The van der Waals surface area contributed by atoms with Crippen LogP contribution in [0, 0.1) is 0 Å². The van der Waals surface area contributed by atoms with Gasteiger partial charge in [-0.2, -0.15) is 0 Å². The molecule has 0 spiro atoms. The molecule has 0 aliphatic rings. The minimum Gasteiger partial charge on any atom is -0.338 e. The van der Waals surface area contributed by atoms with Gasteiger partial charge in [-0.1, -0.05) is 13.0 Å². The van der Waals surface area contributed by atoms with Crippen LogP contribution >= 0.6 is 0 Å². The van der Waals surface area contributed by atoms with Gasteiger partial charge >= 0.3 is 0 Å². The standard InChI is InChI=1S/C15H15N3O/c1-3-10-4-5-12-13(8-10)17-15(16-12)11-6-7-18(2)14(19)9-11/h4-9H,3H2,1-2H3,(H,16,17). The SMILES string of the molecule is CCc1ccc2nc(-c3ccn(C)c(=O)c3)[nH]c2c1. The summed E-state index contributed by atoms with van der Waals surface area (Å²) in [5, 5.41) is 0. The van der Waals surface area contributed by atoms with Crippen LogP contribution in [0.15, 0.2) is 41.3 Å². The molecular formula is C15H15N3O. The zero-order chi connectivity index (χ0) is 13.4. The first-order valence-corrected chi connectivity index (χ1v) is 6.33. The summed E-state index contributed by atoms with van der Waals surface area (Å²) in [6.07, 6.45) is 2.75. The second-order valence-electron chi connectivity index (χ2n) is 4.66. The molecular weight excluding hydrogens is 238 g/mol. The summed E-state index contributed by atoms with van der Waals surface area (Å²) in [6, 6.07) is 9.68. The first kappa shape index (κ1) is 11.7. The quantitative estimate of drug-likeness (QED) is 0.762. The molecule has 2 aromatic heterocycles. The molecule has 19 heavy (non-hydrogen) atoms. The number of rotatable bonds is 2. The molecule has 4 nitrogen and oxygen atoms in total. The lowest BCUT2D eigenvalue weighted by atomic mass is 10.1. The zero-order valence-corrected chi connectivity index (χ0v) is 11.0. The summed E-state index contributed by atoms with van der Waals surface area (Å²) < 4.78 is 1.54. The van der Waals surface area contributed by atoms with Crippen LogP contribution in [-0.2, 0) is 13.5 Å². The maximum atomic E-state index is 11.7. The van der Waals surface area contributed by atoms with Gasteiger partial charge in [-0.3, -0.25) is 4.79 Å². The second kappa shape index (κ2) is 4.39. The number of nitrogens with one attached hydrogen (secondary N) is 1. The number of nitrogens with zero attached hydrogens (tertiary/aromatic N) is 2. The fourth-order valence-electron chi connectivity index (χ4n) is 2.11. The number of hydrogen-bond acceptors (Lipinski definition) is 2. The predicted octanol–water partition coefficient (Wildman–Crippen LogP) is 2.49. The lowest BCUT2D eigenvalue weighted by Gasteiger charge is -1.98. The van der Waals surface area contributed by atoms with Crippen molar-refractivity contribution in [1.29, 1.82) is 0 Å². The molecule has 2 heterocycles. The van der Waals surface area contributed by atoms with Crippen molar-refractivity contribution in [3.63, 3.8) is 0 Å². The molecule has 0 aliphatic heterocycles. The number of H-pyrrole nitrogens is 1. The molecule has 0 saturated heterocycles. The lowest BCUT2D eigenvalue weighted by molar-refractivity contribution is 0.860. The minimum absolute atomic E-state index is 0.0350. The van der Waals surface area contributed by atoms with Crippen molar-refractivity contribution in [2.75, 3.05) is 0 Å². The van der Waals surface area contributed by atoms with E-state index in [0.717, 1.165) is 28.8 Å². The molecule has 0 saturated carbocycles. The van der Waals surface area contributed by atoms with Crippen LogP contribution in [0.4, 0.5) is 0 Å². The molecule has 0 fully saturated rings. The summed E-state index contributed by atoms with van der Waals surface area (Å²) in [6.45, 7) is 2.12. The van der Waals surface area contributed by atoms with E-state index in [2.05, 4.69) is 29.0 Å². The van der Waals surface area contributed by atoms with Crippen LogP contribution in [0.3, 0.4) is 0 Å². The molecule has 4 heteroatoms. The normalized spacial score (nSPS) is 11.1. The smallest absolute Gasteiger partial charge is 0.250 e. The van der Waals surface area contributed by atoms with Crippen LogP contribution < -0.4 is 5.56 Å². The Morgan fingerprint density at radius 1 is 1.26 bits per heavy atom. The third kappa shape index (κ3) is 2.05. The van der Waals surface area contributed by atoms with E-state index in [1.54, 1.807) is 23.9 Å². The Bertz CT molecular complexity index is 799. The van der Waals surface area contributed by atoms with Gasteiger partial charge in [-0.25, -0.2) is 4.98 Å². The van der Waals surface area contributed by atoms with Crippen LogP contribution in [0.2, 0.25) is 0 Å². The third-order valence-corrected chi connectivity index (χ3v) is 3.33. The van der Waals surface area contributed by atoms with Crippen LogP contribution in [0.25, 0.3) is 22.4 Å². The molecule has 1 N–H and O–H groups in total. The maximum absolute atomic E-state index is 11.7.